The van der Waals surface area contributed by atoms with Gasteiger partial charge in [0, 0.05) is 4.90 Å². The van der Waals surface area contributed by atoms with Gasteiger partial charge in [-0.3, -0.25) is 4.79 Å². The third kappa shape index (κ3) is 4.66. The minimum absolute atomic E-state index is 0.144. The van der Waals surface area contributed by atoms with Crippen LogP contribution in [0.25, 0.3) is 0 Å². The van der Waals surface area contributed by atoms with Crippen LogP contribution in [-0.4, -0.2) is 23.2 Å². The van der Waals surface area contributed by atoms with Crippen LogP contribution in [0.1, 0.15) is 18.1 Å². The number of carbonyl (C=O) groups is 1. The summed E-state index contributed by atoms with van der Waals surface area (Å²) in [5.41, 5.74) is -4.92. The first-order valence-electron chi connectivity index (χ1n) is 5.44. The zero-order chi connectivity index (χ0) is 15.3. The molecule has 1 N–H and O–H groups in total. The average molecular weight is 305 g/mol. The number of halogens is 3. The molecule has 0 radical (unpaired) electrons. The van der Waals surface area contributed by atoms with Gasteiger partial charge in [0.15, 0.2) is 0 Å². The van der Waals surface area contributed by atoms with Gasteiger partial charge in [0.1, 0.15) is 17.4 Å². The number of alkyl halides is 3. The summed E-state index contributed by atoms with van der Waals surface area (Å²) < 4.78 is 41.8. The Hall–Kier alpha value is -1.88. The lowest BCUT2D eigenvalue weighted by molar-refractivity contribution is -0.142. The second kappa shape index (κ2) is 6.52. The van der Waals surface area contributed by atoms with E-state index in [0.717, 1.165) is 12.1 Å². The van der Waals surface area contributed by atoms with Gasteiger partial charge in [-0.15, -0.1) is 0 Å². The zero-order valence-corrected chi connectivity index (χ0v) is 11.1. The number of thioether (sulfide) groups is 1. The molecule has 0 heterocycles. The van der Waals surface area contributed by atoms with E-state index in [4.69, 9.17) is 5.26 Å². The van der Waals surface area contributed by atoms with E-state index < -0.39 is 39.4 Å². The average Bonchev–Trinajstić information content (AvgIpc) is 2.26. The molecule has 0 aromatic heterocycles. The van der Waals surface area contributed by atoms with Crippen molar-refractivity contribution in [2.24, 2.45) is 0 Å². The molecule has 0 aliphatic heterocycles. The maximum atomic E-state index is 12.4. The molecule has 0 atom stereocenters. The molecule has 8 heteroatoms. The molecule has 20 heavy (non-hydrogen) atoms. The Morgan fingerprint density at radius 3 is 2.65 bits per heavy atom. The number of aromatic hydroxyl groups is 1. The van der Waals surface area contributed by atoms with Gasteiger partial charge >= 0.3 is 11.5 Å². The predicted molar refractivity (Wildman–Crippen MR) is 65.1 cm³/mol. The van der Waals surface area contributed by atoms with Crippen LogP contribution in [-0.2, 0) is 16.0 Å². The fourth-order valence-electron chi connectivity index (χ4n) is 1.45. The van der Waals surface area contributed by atoms with Crippen LogP contribution in [0.4, 0.5) is 13.2 Å². The summed E-state index contributed by atoms with van der Waals surface area (Å²) in [5, 5.41) is 18.3. The second-order valence-electron chi connectivity index (χ2n) is 3.63. The quantitative estimate of drug-likeness (QED) is 0.684. The molecule has 4 nitrogen and oxygen atoms in total. The fourth-order valence-corrected chi connectivity index (χ4v) is 2.17. The Labute approximate surface area is 117 Å². The molecule has 0 fully saturated rings. The Morgan fingerprint density at radius 2 is 2.15 bits per heavy atom. The largest absolute Gasteiger partial charge is 0.507 e. The summed E-state index contributed by atoms with van der Waals surface area (Å²) in [6.45, 7) is 1.74. The van der Waals surface area contributed by atoms with Gasteiger partial charge in [-0.05, 0) is 36.4 Å². The molecular formula is C12H10F3NO3S. The summed E-state index contributed by atoms with van der Waals surface area (Å²) in [5.74, 6) is -1.22. The van der Waals surface area contributed by atoms with Gasteiger partial charge in [0.2, 0.25) is 0 Å². The zero-order valence-electron chi connectivity index (χ0n) is 10.3. The van der Waals surface area contributed by atoms with Crippen molar-refractivity contribution >= 4 is 17.7 Å². The minimum Gasteiger partial charge on any atom is -0.507 e. The SMILES string of the molecule is CCOC(=O)Cc1cc(O)c(C#N)c(SC(F)(F)F)c1. The van der Waals surface area contributed by atoms with Crippen molar-refractivity contribution in [1.82, 2.24) is 0 Å². The van der Waals surface area contributed by atoms with Crippen molar-refractivity contribution in [2.75, 3.05) is 6.61 Å². The lowest BCUT2D eigenvalue weighted by Crippen LogP contribution is -2.08. The molecule has 0 spiro atoms. The molecule has 0 unspecified atom stereocenters. The molecule has 108 valence electrons. The monoisotopic (exact) mass is 305 g/mol. The molecule has 0 saturated heterocycles. The molecule has 0 saturated carbocycles. The highest BCUT2D eigenvalue weighted by molar-refractivity contribution is 8.00. The summed E-state index contributed by atoms with van der Waals surface area (Å²) in [7, 11) is 0. The van der Waals surface area contributed by atoms with Gasteiger partial charge in [-0.25, -0.2) is 0 Å². The predicted octanol–water partition coefficient (Wildman–Crippen LogP) is 2.98. The van der Waals surface area contributed by atoms with E-state index in [1.54, 1.807) is 6.92 Å². The number of carbonyl (C=O) groups excluding carboxylic acids is 1. The molecule has 1 aromatic rings. The van der Waals surface area contributed by atoms with Crippen molar-refractivity contribution in [3.63, 3.8) is 0 Å². The summed E-state index contributed by atoms with van der Waals surface area (Å²) in [4.78, 5) is 10.8. The minimum atomic E-state index is -4.60. The number of phenolic OH excluding ortho intramolecular Hbond substituents is 1. The second-order valence-corrected chi connectivity index (χ2v) is 4.74. The first kappa shape index (κ1) is 16.2. The fraction of sp³-hybridized carbons (Fsp3) is 0.333. The van der Waals surface area contributed by atoms with Crippen molar-refractivity contribution in [3.8, 4) is 11.8 Å². The van der Waals surface area contributed by atoms with E-state index in [2.05, 4.69) is 4.74 Å². The number of esters is 1. The molecule has 0 aliphatic rings. The van der Waals surface area contributed by atoms with E-state index in [1.165, 1.54) is 6.07 Å². The van der Waals surface area contributed by atoms with Gasteiger partial charge in [-0.2, -0.15) is 18.4 Å². The van der Waals surface area contributed by atoms with E-state index in [1.807, 2.05) is 0 Å². The first-order chi connectivity index (χ1) is 9.26. The number of nitrogens with zero attached hydrogens (tertiary/aromatic N) is 1. The van der Waals surface area contributed by atoms with E-state index in [0.29, 0.717) is 0 Å². The molecule has 0 aliphatic carbocycles. The van der Waals surface area contributed by atoms with Crippen molar-refractivity contribution in [1.29, 1.82) is 5.26 Å². The lowest BCUT2D eigenvalue weighted by atomic mass is 10.1. The molecular weight excluding hydrogens is 295 g/mol. The van der Waals surface area contributed by atoms with Gasteiger partial charge in [0.05, 0.1) is 13.0 Å². The third-order valence-corrected chi connectivity index (χ3v) is 2.91. The number of phenols is 1. The highest BCUT2D eigenvalue weighted by atomic mass is 32.2. The molecule has 1 aromatic carbocycles. The van der Waals surface area contributed by atoms with E-state index in [-0.39, 0.29) is 18.6 Å². The maximum absolute atomic E-state index is 12.4. The Kier molecular flexibility index (Phi) is 5.27. The van der Waals surface area contributed by atoms with Gasteiger partial charge in [0.25, 0.3) is 0 Å². The molecule has 0 bridgehead atoms. The Balaban J connectivity index is 3.12. The molecule has 0 amide bonds. The maximum Gasteiger partial charge on any atom is 0.446 e. The first-order valence-corrected chi connectivity index (χ1v) is 6.25. The van der Waals surface area contributed by atoms with Crippen molar-refractivity contribution in [2.45, 2.75) is 23.7 Å². The van der Waals surface area contributed by atoms with Crippen LogP contribution in [0.5, 0.6) is 5.75 Å². The number of benzene rings is 1. The smallest absolute Gasteiger partial charge is 0.446 e. The van der Waals surface area contributed by atoms with Gasteiger partial charge in [-0.1, -0.05) is 0 Å². The normalized spacial score (nSPS) is 10.9. The van der Waals surface area contributed by atoms with Crippen LogP contribution in [0.15, 0.2) is 17.0 Å². The summed E-state index contributed by atoms with van der Waals surface area (Å²) in [6.07, 6.45) is -0.279. The lowest BCUT2D eigenvalue weighted by Gasteiger charge is -2.10. The van der Waals surface area contributed by atoms with Crippen LogP contribution < -0.4 is 0 Å². The third-order valence-electron chi connectivity index (χ3n) is 2.13. The van der Waals surface area contributed by atoms with Crippen LogP contribution >= 0.6 is 11.8 Å². The topological polar surface area (TPSA) is 70.3 Å². The highest BCUT2D eigenvalue weighted by Crippen LogP contribution is 2.41. The molecule has 1 rings (SSSR count). The van der Waals surface area contributed by atoms with Gasteiger partial charge < -0.3 is 9.84 Å². The highest BCUT2D eigenvalue weighted by Gasteiger charge is 2.31. The summed E-state index contributed by atoms with van der Waals surface area (Å²) in [6, 6.07) is 3.63. The number of nitriles is 1. The van der Waals surface area contributed by atoms with Crippen molar-refractivity contribution < 1.29 is 27.8 Å². The van der Waals surface area contributed by atoms with E-state index in [9.17, 15) is 23.1 Å². The number of rotatable bonds is 4. The van der Waals surface area contributed by atoms with E-state index >= 15 is 0 Å². The van der Waals surface area contributed by atoms with Crippen molar-refractivity contribution in [3.05, 3.63) is 23.3 Å². The Morgan fingerprint density at radius 1 is 1.50 bits per heavy atom. The van der Waals surface area contributed by atoms with Crippen LogP contribution in [0.2, 0.25) is 0 Å². The summed E-state index contributed by atoms with van der Waals surface area (Å²) >= 11 is -0.514. The number of hydrogen-bond donors (Lipinski definition) is 1. The number of ether oxygens (including phenoxy) is 1. The Bertz CT molecular complexity index is 552. The standard InChI is InChI=1S/C12H10F3NO3S/c1-2-19-11(18)5-7-3-9(17)8(6-16)10(4-7)20-12(13,14)15/h3-4,17H,2,5H2,1H3. The number of hydrogen-bond acceptors (Lipinski definition) is 5. The van der Waals surface area contributed by atoms with Crippen LogP contribution in [0.3, 0.4) is 0 Å². The van der Waals surface area contributed by atoms with Crippen LogP contribution in [0, 0.1) is 11.3 Å².